The molecule has 0 bridgehead atoms. The molecular formula is C10H7N3O3. The average Bonchev–Trinajstić information content (AvgIpc) is 2.30. The Morgan fingerprint density at radius 3 is 2.75 bits per heavy atom. The van der Waals surface area contributed by atoms with Crippen LogP contribution in [-0.2, 0) is 0 Å². The van der Waals surface area contributed by atoms with Gasteiger partial charge in [-0.1, -0.05) is 0 Å². The number of pyridine rings is 1. The first-order valence-corrected chi connectivity index (χ1v) is 4.38. The van der Waals surface area contributed by atoms with Gasteiger partial charge in [0.25, 0.3) is 0 Å². The summed E-state index contributed by atoms with van der Waals surface area (Å²) in [6.07, 6.45) is 7.06. The number of nitrogens with zero attached hydrogens (tertiary/aromatic N) is 3. The van der Waals surface area contributed by atoms with Gasteiger partial charge in [0, 0.05) is 18.6 Å². The fraction of sp³-hybridized carbons (Fsp3) is 0. The summed E-state index contributed by atoms with van der Waals surface area (Å²) in [5, 5.41) is 8.75. The van der Waals surface area contributed by atoms with Crippen molar-refractivity contribution in [3.8, 4) is 11.6 Å². The molecule has 0 atom stereocenters. The molecule has 0 aliphatic heterocycles. The smallest absolute Gasteiger partial charge is 0.337 e. The molecule has 80 valence electrons. The number of carbonyl (C=O) groups is 1. The Labute approximate surface area is 90.6 Å². The van der Waals surface area contributed by atoms with Gasteiger partial charge in [-0.05, 0) is 6.07 Å². The number of rotatable bonds is 3. The summed E-state index contributed by atoms with van der Waals surface area (Å²) >= 11 is 0. The van der Waals surface area contributed by atoms with Crippen molar-refractivity contribution in [1.29, 1.82) is 0 Å². The van der Waals surface area contributed by atoms with Crippen LogP contribution in [0.25, 0.3) is 0 Å². The van der Waals surface area contributed by atoms with E-state index in [1.807, 2.05) is 0 Å². The minimum atomic E-state index is -1.06. The molecule has 0 unspecified atom stereocenters. The second-order valence-corrected chi connectivity index (χ2v) is 2.86. The van der Waals surface area contributed by atoms with Crippen LogP contribution in [0.15, 0.2) is 37.1 Å². The first-order valence-electron chi connectivity index (χ1n) is 4.38. The zero-order chi connectivity index (χ0) is 11.4. The molecule has 2 aromatic heterocycles. The van der Waals surface area contributed by atoms with Crippen molar-refractivity contribution in [2.75, 3.05) is 0 Å². The van der Waals surface area contributed by atoms with Crippen LogP contribution in [0.3, 0.4) is 0 Å². The number of carboxylic acids is 1. The van der Waals surface area contributed by atoms with Crippen molar-refractivity contribution in [2.24, 2.45) is 0 Å². The highest BCUT2D eigenvalue weighted by Gasteiger charge is 2.05. The van der Waals surface area contributed by atoms with Crippen LogP contribution in [0.2, 0.25) is 0 Å². The molecule has 6 heteroatoms. The van der Waals surface area contributed by atoms with Gasteiger partial charge in [0.15, 0.2) is 0 Å². The molecule has 0 amide bonds. The molecule has 16 heavy (non-hydrogen) atoms. The van der Waals surface area contributed by atoms with Crippen LogP contribution < -0.4 is 4.74 Å². The van der Waals surface area contributed by atoms with Crippen LogP contribution in [-0.4, -0.2) is 26.0 Å². The fourth-order valence-corrected chi connectivity index (χ4v) is 1.05. The molecule has 0 aromatic carbocycles. The SMILES string of the molecule is O=C(O)c1cncc(Oc2cnccn2)c1. The first kappa shape index (κ1) is 10.0. The molecule has 0 saturated carbocycles. The molecular weight excluding hydrogens is 210 g/mol. The van der Waals surface area contributed by atoms with Gasteiger partial charge in [-0.25, -0.2) is 9.78 Å². The maximum Gasteiger partial charge on any atom is 0.337 e. The summed E-state index contributed by atoms with van der Waals surface area (Å²) in [7, 11) is 0. The van der Waals surface area contributed by atoms with E-state index in [0.717, 1.165) is 0 Å². The molecule has 2 aromatic rings. The van der Waals surface area contributed by atoms with Crippen molar-refractivity contribution in [2.45, 2.75) is 0 Å². The number of aromatic carboxylic acids is 1. The third kappa shape index (κ3) is 2.30. The lowest BCUT2D eigenvalue weighted by atomic mass is 10.3. The van der Waals surface area contributed by atoms with E-state index in [0.29, 0.717) is 5.75 Å². The van der Waals surface area contributed by atoms with E-state index in [1.165, 1.54) is 37.1 Å². The Morgan fingerprint density at radius 1 is 1.19 bits per heavy atom. The van der Waals surface area contributed by atoms with Crippen molar-refractivity contribution in [3.05, 3.63) is 42.6 Å². The van der Waals surface area contributed by atoms with Gasteiger partial charge in [-0.15, -0.1) is 0 Å². The number of hydrogen-bond acceptors (Lipinski definition) is 5. The maximum atomic E-state index is 10.7. The van der Waals surface area contributed by atoms with Gasteiger partial charge < -0.3 is 9.84 Å². The van der Waals surface area contributed by atoms with E-state index in [4.69, 9.17) is 9.84 Å². The predicted octanol–water partition coefficient (Wildman–Crippen LogP) is 1.36. The van der Waals surface area contributed by atoms with E-state index >= 15 is 0 Å². The zero-order valence-electron chi connectivity index (χ0n) is 8.07. The van der Waals surface area contributed by atoms with Gasteiger partial charge in [0.05, 0.1) is 18.0 Å². The molecule has 2 rings (SSSR count). The lowest BCUT2D eigenvalue weighted by molar-refractivity contribution is 0.0696. The number of aromatic nitrogens is 3. The lowest BCUT2D eigenvalue weighted by Gasteiger charge is -2.03. The Morgan fingerprint density at radius 2 is 2.06 bits per heavy atom. The molecule has 6 nitrogen and oxygen atoms in total. The fourth-order valence-electron chi connectivity index (χ4n) is 1.05. The molecule has 0 fully saturated rings. The lowest BCUT2D eigenvalue weighted by Crippen LogP contribution is -1.98. The Balaban J connectivity index is 2.22. The first-order chi connectivity index (χ1) is 7.75. The van der Waals surface area contributed by atoms with E-state index in [1.54, 1.807) is 0 Å². The van der Waals surface area contributed by atoms with Gasteiger partial charge in [-0.3, -0.25) is 9.97 Å². The van der Waals surface area contributed by atoms with Crippen molar-refractivity contribution >= 4 is 5.97 Å². The van der Waals surface area contributed by atoms with Gasteiger partial charge >= 0.3 is 5.97 Å². The summed E-state index contributed by atoms with van der Waals surface area (Å²) in [4.78, 5) is 22.1. The molecule has 0 radical (unpaired) electrons. The minimum absolute atomic E-state index is 0.0568. The van der Waals surface area contributed by atoms with Crippen LogP contribution in [0.1, 0.15) is 10.4 Å². The predicted molar refractivity (Wildman–Crippen MR) is 53.3 cm³/mol. The Hall–Kier alpha value is -2.50. The molecule has 0 spiro atoms. The largest absolute Gasteiger partial charge is 0.478 e. The van der Waals surface area contributed by atoms with Gasteiger partial charge in [0.2, 0.25) is 5.88 Å². The molecule has 0 aliphatic rings. The van der Waals surface area contributed by atoms with Crippen LogP contribution in [0.5, 0.6) is 11.6 Å². The number of ether oxygens (including phenoxy) is 1. The number of hydrogen-bond donors (Lipinski definition) is 1. The van der Waals surface area contributed by atoms with Gasteiger partial charge in [0.1, 0.15) is 5.75 Å². The molecule has 1 N–H and O–H groups in total. The normalized spacial score (nSPS) is 9.75. The third-order valence-corrected chi connectivity index (χ3v) is 1.72. The van der Waals surface area contributed by atoms with Crippen LogP contribution in [0.4, 0.5) is 0 Å². The summed E-state index contributed by atoms with van der Waals surface area (Å²) in [6, 6.07) is 1.37. The van der Waals surface area contributed by atoms with E-state index in [2.05, 4.69) is 15.0 Å². The topological polar surface area (TPSA) is 85.2 Å². The maximum absolute atomic E-state index is 10.7. The molecule has 0 aliphatic carbocycles. The molecule has 2 heterocycles. The highest BCUT2D eigenvalue weighted by molar-refractivity contribution is 5.87. The zero-order valence-corrected chi connectivity index (χ0v) is 8.07. The second-order valence-electron chi connectivity index (χ2n) is 2.86. The minimum Gasteiger partial charge on any atom is -0.478 e. The quantitative estimate of drug-likeness (QED) is 0.835. The van der Waals surface area contributed by atoms with Gasteiger partial charge in [-0.2, -0.15) is 0 Å². The summed E-state index contributed by atoms with van der Waals surface area (Å²) in [5.41, 5.74) is 0.0568. The van der Waals surface area contributed by atoms with Crippen LogP contribution >= 0.6 is 0 Å². The van der Waals surface area contributed by atoms with Crippen LogP contribution in [0, 0.1) is 0 Å². The summed E-state index contributed by atoms with van der Waals surface area (Å²) < 4.78 is 5.27. The Bertz CT molecular complexity index is 502. The third-order valence-electron chi connectivity index (χ3n) is 1.72. The second kappa shape index (κ2) is 4.35. The molecule has 0 saturated heterocycles. The highest BCUT2D eigenvalue weighted by Crippen LogP contribution is 2.17. The van der Waals surface area contributed by atoms with E-state index < -0.39 is 5.97 Å². The summed E-state index contributed by atoms with van der Waals surface area (Å²) in [5.74, 6) is -0.468. The van der Waals surface area contributed by atoms with Crippen molar-refractivity contribution in [3.63, 3.8) is 0 Å². The summed E-state index contributed by atoms with van der Waals surface area (Å²) in [6.45, 7) is 0. The van der Waals surface area contributed by atoms with E-state index in [9.17, 15) is 4.79 Å². The average molecular weight is 217 g/mol. The Kier molecular flexibility index (Phi) is 2.73. The standard InChI is InChI=1S/C10H7N3O3/c14-10(15)7-3-8(5-12-4-7)16-9-6-11-1-2-13-9/h1-6H,(H,14,15). The van der Waals surface area contributed by atoms with E-state index in [-0.39, 0.29) is 11.4 Å². The highest BCUT2D eigenvalue weighted by atomic mass is 16.5. The van der Waals surface area contributed by atoms with Crippen molar-refractivity contribution < 1.29 is 14.6 Å². The van der Waals surface area contributed by atoms with Crippen molar-refractivity contribution in [1.82, 2.24) is 15.0 Å². The number of carboxylic acid groups (broad SMARTS) is 1. The monoisotopic (exact) mass is 217 g/mol.